The Bertz CT molecular complexity index is 420. The number of hydrogen-bond donors (Lipinski definition) is 1. The van der Waals surface area contributed by atoms with E-state index < -0.39 is 40.0 Å². The first-order chi connectivity index (χ1) is 7.53. The molecule has 96 valence electrons. The minimum Gasteiger partial charge on any atom is -0.504 e. The molecule has 0 amide bonds. The van der Waals surface area contributed by atoms with Crippen molar-refractivity contribution in [2.24, 2.45) is 16.7 Å². The highest BCUT2D eigenvalue weighted by molar-refractivity contribution is 6.05. The second-order valence-corrected chi connectivity index (χ2v) is 5.73. The fourth-order valence-electron chi connectivity index (χ4n) is 3.29. The van der Waals surface area contributed by atoms with Crippen LogP contribution in [0.15, 0.2) is 11.3 Å². The summed E-state index contributed by atoms with van der Waals surface area (Å²) in [5.41, 5.74) is -1.69. The van der Waals surface area contributed by atoms with Crippen molar-refractivity contribution in [2.45, 2.75) is 39.8 Å². The van der Waals surface area contributed by atoms with Gasteiger partial charge in [0.1, 0.15) is 0 Å². The third-order valence-electron chi connectivity index (χ3n) is 4.84. The van der Waals surface area contributed by atoms with Crippen molar-refractivity contribution >= 4 is 5.78 Å². The zero-order chi connectivity index (χ0) is 13.2. The number of alkyl halides is 3. The van der Waals surface area contributed by atoms with Crippen LogP contribution in [-0.4, -0.2) is 17.1 Å². The molecule has 2 unspecified atom stereocenters. The number of carbonyl (C=O) groups is 1. The highest BCUT2D eigenvalue weighted by atomic mass is 19.4. The molecule has 17 heavy (non-hydrogen) atoms. The van der Waals surface area contributed by atoms with E-state index in [2.05, 4.69) is 0 Å². The molecule has 2 fully saturated rings. The van der Waals surface area contributed by atoms with E-state index in [4.69, 9.17) is 0 Å². The van der Waals surface area contributed by atoms with E-state index in [0.29, 0.717) is 12.8 Å². The molecule has 2 bridgehead atoms. The number of aliphatic hydroxyl groups is 1. The van der Waals surface area contributed by atoms with E-state index in [9.17, 15) is 23.1 Å². The summed E-state index contributed by atoms with van der Waals surface area (Å²) in [7, 11) is 0. The van der Waals surface area contributed by atoms with E-state index in [-0.39, 0.29) is 0 Å². The molecule has 0 aliphatic heterocycles. The van der Waals surface area contributed by atoms with Crippen molar-refractivity contribution in [1.29, 1.82) is 0 Å². The van der Waals surface area contributed by atoms with Crippen LogP contribution in [0.1, 0.15) is 33.6 Å². The summed E-state index contributed by atoms with van der Waals surface area (Å²) < 4.78 is 37.5. The number of rotatable bonds is 0. The lowest BCUT2D eigenvalue weighted by Gasteiger charge is -2.31. The van der Waals surface area contributed by atoms with Gasteiger partial charge in [0, 0.05) is 11.0 Å². The first kappa shape index (κ1) is 12.5. The van der Waals surface area contributed by atoms with Gasteiger partial charge in [0.05, 0.1) is 0 Å². The van der Waals surface area contributed by atoms with Gasteiger partial charge in [-0.3, -0.25) is 4.79 Å². The molecule has 0 spiro atoms. The van der Waals surface area contributed by atoms with Gasteiger partial charge in [0.2, 0.25) is 5.76 Å². The van der Waals surface area contributed by atoms with Crippen LogP contribution in [0.2, 0.25) is 0 Å². The van der Waals surface area contributed by atoms with Crippen LogP contribution in [0.25, 0.3) is 0 Å². The first-order valence-electron chi connectivity index (χ1n) is 5.58. The lowest BCUT2D eigenvalue weighted by atomic mass is 9.70. The summed E-state index contributed by atoms with van der Waals surface area (Å²) in [6.07, 6.45) is -3.70. The molecule has 2 aliphatic rings. The molecule has 0 heterocycles. The zero-order valence-electron chi connectivity index (χ0n) is 9.98. The van der Waals surface area contributed by atoms with Gasteiger partial charge < -0.3 is 5.11 Å². The van der Waals surface area contributed by atoms with Crippen molar-refractivity contribution < 1.29 is 23.1 Å². The largest absolute Gasteiger partial charge is 0.504 e. The third-order valence-corrected chi connectivity index (χ3v) is 4.84. The van der Waals surface area contributed by atoms with E-state index in [0.717, 1.165) is 0 Å². The Morgan fingerprint density at radius 3 is 2.24 bits per heavy atom. The first-order valence-corrected chi connectivity index (χ1v) is 5.58. The Morgan fingerprint density at radius 1 is 1.35 bits per heavy atom. The van der Waals surface area contributed by atoms with Crippen LogP contribution in [-0.2, 0) is 4.79 Å². The standard InChI is InChI=1S/C12H15F3O2/c1-10(2)6-4-5-11(10,3)8(16)7(6)9(17)12(13,14)15/h6,17H,4-5H2,1-3H3/b9-7+. The zero-order valence-corrected chi connectivity index (χ0v) is 9.98. The van der Waals surface area contributed by atoms with Crippen LogP contribution in [0.5, 0.6) is 0 Å². The van der Waals surface area contributed by atoms with E-state index in [1.165, 1.54) is 0 Å². The molecule has 5 heteroatoms. The Morgan fingerprint density at radius 2 is 1.88 bits per heavy atom. The van der Waals surface area contributed by atoms with Crippen LogP contribution in [0, 0.1) is 16.7 Å². The molecular weight excluding hydrogens is 233 g/mol. The Labute approximate surface area is 97.5 Å². The molecule has 2 saturated carbocycles. The maximum absolute atomic E-state index is 12.5. The van der Waals surface area contributed by atoms with Gasteiger partial charge >= 0.3 is 6.18 Å². The van der Waals surface area contributed by atoms with Gasteiger partial charge in [-0.2, -0.15) is 13.2 Å². The third kappa shape index (κ3) is 1.31. The number of Topliss-reactive ketones (excluding diaryl/α,β-unsaturated/α-hetero) is 1. The summed E-state index contributed by atoms with van der Waals surface area (Å²) in [4.78, 5) is 12.1. The topological polar surface area (TPSA) is 37.3 Å². The summed E-state index contributed by atoms with van der Waals surface area (Å²) in [5, 5.41) is 9.26. The Kier molecular flexibility index (Phi) is 2.24. The number of hydrogen-bond acceptors (Lipinski definition) is 2. The second-order valence-electron chi connectivity index (χ2n) is 5.73. The fourth-order valence-corrected chi connectivity index (χ4v) is 3.29. The minimum absolute atomic E-state index is 0.406. The van der Waals surface area contributed by atoms with Gasteiger partial charge in [0.15, 0.2) is 5.78 Å². The van der Waals surface area contributed by atoms with Crippen LogP contribution < -0.4 is 0 Å². The smallest absolute Gasteiger partial charge is 0.449 e. The van der Waals surface area contributed by atoms with E-state index in [1.54, 1.807) is 20.8 Å². The van der Waals surface area contributed by atoms with Crippen LogP contribution in [0.3, 0.4) is 0 Å². The second kappa shape index (κ2) is 3.06. The van der Waals surface area contributed by atoms with Crippen molar-refractivity contribution in [3.05, 3.63) is 11.3 Å². The summed E-state index contributed by atoms with van der Waals surface area (Å²) in [6.45, 7) is 5.31. The van der Waals surface area contributed by atoms with E-state index in [1.807, 2.05) is 0 Å². The highest BCUT2D eigenvalue weighted by Gasteiger charge is 2.66. The SMILES string of the molecule is CC12CCC(/C(=C(\O)C(F)(F)F)C1=O)C2(C)C. The number of carbonyl (C=O) groups excluding carboxylic acids is 1. The molecule has 0 aromatic heterocycles. The average Bonchev–Trinajstić information content (AvgIpc) is 2.47. The highest BCUT2D eigenvalue weighted by Crippen LogP contribution is 2.66. The normalized spacial score (nSPS) is 38.7. The molecule has 1 N–H and O–H groups in total. The molecule has 2 aliphatic carbocycles. The van der Waals surface area contributed by atoms with Crippen molar-refractivity contribution in [1.82, 2.24) is 0 Å². The molecule has 2 nitrogen and oxygen atoms in total. The van der Waals surface area contributed by atoms with Crippen molar-refractivity contribution in [2.75, 3.05) is 0 Å². The lowest BCUT2D eigenvalue weighted by molar-refractivity contribution is -0.131. The number of ketones is 1. The molecule has 2 rings (SSSR count). The Hall–Kier alpha value is -1.00. The van der Waals surface area contributed by atoms with Gasteiger partial charge in [0.25, 0.3) is 0 Å². The lowest BCUT2D eigenvalue weighted by Crippen LogP contribution is -2.32. The number of halogens is 3. The number of fused-ring (bicyclic) bond motifs is 2. The maximum Gasteiger partial charge on any atom is 0.449 e. The monoisotopic (exact) mass is 248 g/mol. The average molecular weight is 248 g/mol. The molecule has 0 saturated heterocycles. The van der Waals surface area contributed by atoms with Crippen molar-refractivity contribution in [3.8, 4) is 0 Å². The summed E-state index contributed by atoms with van der Waals surface area (Å²) in [5.74, 6) is -2.71. The van der Waals surface area contributed by atoms with Gasteiger partial charge in [-0.1, -0.05) is 20.8 Å². The summed E-state index contributed by atoms with van der Waals surface area (Å²) in [6, 6.07) is 0. The van der Waals surface area contributed by atoms with E-state index >= 15 is 0 Å². The van der Waals surface area contributed by atoms with Gasteiger partial charge in [-0.25, -0.2) is 0 Å². The molecular formula is C12H15F3O2. The predicted octanol–water partition coefficient (Wildman–Crippen LogP) is 3.39. The Balaban J connectivity index is 2.60. The molecule has 0 aromatic rings. The molecule has 0 aromatic carbocycles. The quantitative estimate of drug-likeness (QED) is 0.527. The number of aliphatic hydroxyl groups excluding tert-OH is 1. The molecule has 2 atom stereocenters. The van der Waals surface area contributed by atoms with Gasteiger partial charge in [-0.05, 0) is 24.2 Å². The van der Waals surface area contributed by atoms with Gasteiger partial charge in [-0.15, -0.1) is 0 Å². The predicted molar refractivity (Wildman–Crippen MR) is 55.3 cm³/mol. The summed E-state index contributed by atoms with van der Waals surface area (Å²) >= 11 is 0. The fraction of sp³-hybridized carbons (Fsp3) is 0.750. The minimum atomic E-state index is -4.83. The van der Waals surface area contributed by atoms with Crippen LogP contribution >= 0.6 is 0 Å². The van der Waals surface area contributed by atoms with Crippen LogP contribution in [0.4, 0.5) is 13.2 Å². The maximum atomic E-state index is 12.5. The number of allylic oxidation sites excluding steroid dienone is 2. The van der Waals surface area contributed by atoms with Crippen molar-refractivity contribution in [3.63, 3.8) is 0 Å². The molecule has 0 radical (unpaired) electrons.